The van der Waals surface area contributed by atoms with E-state index >= 15 is 0 Å². The van der Waals surface area contributed by atoms with E-state index in [0.717, 1.165) is 6.42 Å². The first-order valence-corrected chi connectivity index (χ1v) is 5.54. The van der Waals surface area contributed by atoms with Gasteiger partial charge in [0.2, 0.25) is 0 Å². The normalized spacial score (nSPS) is 10.5. The fraction of sp³-hybridized carbons (Fsp3) is 0.417. The molecule has 4 heteroatoms. The number of rotatable bonds is 4. The van der Waals surface area contributed by atoms with Gasteiger partial charge < -0.3 is 9.84 Å². The van der Waals surface area contributed by atoms with Crippen LogP contribution in [0, 0.1) is 5.92 Å². The molecule has 0 saturated carbocycles. The second-order valence-electron chi connectivity index (χ2n) is 3.98. The maximum Gasteiger partial charge on any atom is 0.339 e. The molecule has 1 rings (SSSR count). The molecule has 0 unspecified atom stereocenters. The molecular weight excluding hydrogens is 228 g/mol. The molecule has 0 bridgehead atoms. The third-order valence-electron chi connectivity index (χ3n) is 2.10. The van der Waals surface area contributed by atoms with Crippen molar-refractivity contribution in [1.82, 2.24) is 0 Å². The van der Waals surface area contributed by atoms with Crippen LogP contribution >= 0.6 is 11.6 Å². The molecule has 1 aromatic carbocycles. The van der Waals surface area contributed by atoms with Crippen LogP contribution in [0.4, 0.5) is 0 Å². The van der Waals surface area contributed by atoms with Crippen LogP contribution in [-0.4, -0.2) is 17.7 Å². The van der Waals surface area contributed by atoms with Crippen molar-refractivity contribution in [3.63, 3.8) is 0 Å². The maximum absolute atomic E-state index is 11.6. The molecule has 0 aliphatic rings. The average Bonchev–Trinajstić information content (AvgIpc) is 2.21. The minimum atomic E-state index is -0.499. The Morgan fingerprint density at radius 1 is 1.50 bits per heavy atom. The van der Waals surface area contributed by atoms with Crippen molar-refractivity contribution < 1.29 is 14.6 Å². The van der Waals surface area contributed by atoms with Crippen molar-refractivity contribution in [2.24, 2.45) is 5.92 Å². The molecule has 1 aromatic rings. The fourth-order valence-electron chi connectivity index (χ4n) is 1.13. The highest BCUT2D eigenvalue weighted by Crippen LogP contribution is 2.21. The summed E-state index contributed by atoms with van der Waals surface area (Å²) in [6, 6.07) is 4.20. The molecule has 16 heavy (non-hydrogen) atoms. The second kappa shape index (κ2) is 5.75. The smallest absolute Gasteiger partial charge is 0.339 e. The Kier molecular flexibility index (Phi) is 4.62. The fourth-order valence-corrected chi connectivity index (χ4v) is 1.33. The number of halogens is 1. The number of hydrogen-bond acceptors (Lipinski definition) is 3. The molecule has 88 valence electrons. The van der Waals surface area contributed by atoms with Crippen molar-refractivity contribution in [1.29, 1.82) is 0 Å². The van der Waals surface area contributed by atoms with Crippen LogP contribution in [0.5, 0.6) is 5.75 Å². The largest absolute Gasteiger partial charge is 0.508 e. The zero-order valence-corrected chi connectivity index (χ0v) is 10.1. The molecule has 0 fully saturated rings. The predicted molar refractivity (Wildman–Crippen MR) is 62.9 cm³/mol. The van der Waals surface area contributed by atoms with Gasteiger partial charge in [-0.3, -0.25) is 0 Å². The van der Waals surface area contributed by atoms with Gasteiger partial charge in [-0.15, -0.1) is 0 Å². The molecular formula is C12H15ClO3. The highest BCUT2D eigenvalue weighted by molar-refractivity contribution is 6.33. The van der Waals surface area contributed by atoms with E-state index in [1.807, 2.05) is 0 Å². The lowest BCUT2D eigenvalue weighted by atomic mass is 10.1. The first-order valence-electron chi connectivity index (χ1n) is 5.16. The van der Waals surface area contributed by atoms with Gasteiger partial charge in [0.25, 0.3) is 0 Å². The third-order valence-corrected chi connectivity index (χ3v) is 2.43. The van der Waals surface area contributed by atoms with E-state index in [1.165, 1.54) is 18.2 Å². The lowest BCUT2D eigenvalue weighted by molar-refractivity contribution is 0.0488. The first-order chi connectivity index (χ1) is 7.50. The molecule has 0 spiro atoms. The van der Waals surface area contributed by atoms with Gasteiger partial charge in [-0.2, -0.15) is 0 Å². The van der Waals surface area contributed by atoms with Gasteiger partial charge in [-0.05, 0) is 30.5 Å². The van der Waals surface area contributed by atoms with Crippen LogP contribution in [0.3, 0.4) is 0 Å². The Balaban J connectivity index is 2.62. The number of phenols is 1. The van der Waals surface area contributed by atoms with Crippen LogP contribution in [0.1, 0.15) is 30.6 Å². The number of carbonyl (C=O) groups excluding carboxylic acids is 1. The highest BCUT2D eigenvalue weighted by Gasteiger charge is 2.12. The average molecular weight is 243 g/mol. The topological polar surface area (TPSA) is 46.5 Å². The number of hydrogen-bond donors (Lipinski definition) is 1. The number of benzene rings is 1. The minimum Gasteiger partial charge on any atom is -0.508 e. The summed E-state index contributed by atoms with van der Waals surface area (Å²) in [5.74, 6) is -0.0193. The quantitative estimate of drug-likeness (QED) is 0.825. The minimum absolute atomic E-state index is 0.000194. The Hall–Kier alpha value is -1.22. The summed E-state index contributed by atoms with van der Waals surface area (Å²) in [7, 11) is 0. The number of aromatic hydroxyl groups is 1. The van der Waals surface area contributed by atoms with E-state index in [4.69, 9.17) is 16.3 Å². The molecule has 0 aliphatic carbocycles. The van der Waals surface area contributed by atoms with Gasteiger partial charge in [0, 0.05) is 0 Å². The van der Waals surface area contributed by atoms with Crippen LogP contribution in [0.2, 0.25) is 5.02 Å². The SMILES string of the molecule is CC(C)CCOC(=O)c1cc(O)ccc1Cl. The van der Waals surface area contributed by atoms with Gasteiger partial charge in [0.15, 0.2) is 0 Å². The molecule has 0 heterocycles. The highest BCUT2D eigenvalue weighted by atomic mass is 35.5. The third kappa shape index (κ3) is 3.74. The summed E-state index contributed by atoms with van der Waals surface area (Å²) in [6.45, 7) is 4.47. The van der Waals surface area contributed by atoms with E-state index in [-0.39, 0.29) is 16.3 Å². The zero-order valence-electron chi connectivity index (χ0n) is 9.37. The van der Waals surface area contributed by atoms with Gasteiger partial charge in [0.05, 0.1) is 17.2 Å². The van der Waals surface area contributed by atoms with Crippen LogP contribution in [0.15, 0.2) is 18.2 Å². The molecule has 3 nitrogen and oxygen atoms in total. The van der Waals surface area contributed by atoms with Crippen molar-refractivity contribution in [3.05, 3.63) is 28.8 Å². The van der Waals surface area contributed by atoms with Crippen LogP contribution in [-0.2, 0) is 4.74 Å². The van der Waals surface area contributed by atoms with Gasteiger partial charge >= 0.3 is 5.97 Å². The maximum atomic E-state index is 11.6. The molecule has 0 atom stereocenters. The Labute approximate surface area is 100.0 Å². The molecule has 0 aliphatic heterocycles. The van der Waals surface area contributed by atoms with Crippen LogP contribution < -0.4 is 0 Å². The van der Waals surface area contributed by atoms with Gasteiger partial charge in [0.1, 0.15) is 5.75 Å². The summed E-state index contributed by atoms with van der Waals surface area (Å²) in [6.07, 6.45) is 0.808. The summed E-state index contributed by atoms with van der Waals surface area (Å²) < 4.78 is 5.04. The van der Waals surface area contributed by atoms with Gasteiger partial charge in [-0.1, -0.05) is 25.4 Å². The van der Waals surface area contributed by atoms with E-state index in [0.29, 0.717) is 12.5 Å². The molecule has 0 saturated heterocycles. The molecule has 0 radical (unpaired) electrons. The lowest BCUT2D eigenvalue weighted by Gasteiger charge is -2.08. The van der Waals surface area contributed by atoms with Crippen LogP contribution in [0.25, 0.3) is 0 Å². The Bertz CT molecular complexity index is 375. The van der Waals surface area contributed by atoms with Crippen molar-refractivity contribution >= 4 is 17.6 Å². The van der Waals surface area contributed by atoms with Gasteiger partial charge in [-0.25, -0.2) is 4.79 Å². The van der Waals surface area contributed by atoms with Crippen molar-refractivity contribution in [2.45, 2.75) is 20.3 Å². The lowest BCUT2D eigenvalue weighted by Crippen LogP contribution is -2.08. The molecule has 1 N–H and O–H groups in total. The Morgan fingerprint density at radius 2 is 2.19 bits per heavy atom. The molecule has 0 amide bonds. The van der Waals surface area contributed by atoms with Crippen molar-refractivity contribution in [3.8, 4) is 5.75 Å². The monoisotopic (exact) mass is 242 g/mol. The second-order valence-corrected chi connectivity index (χ2v) is 4.39. The van der Waals surface area contributed by atoms with E-state index < -0.39 is 5.97 Å². The standard InChI is InChI=1S/C12H15ClO3/c1-8(2)5-6-16-12(15)10-7-9(14)3-4-11(10)13/h3-4,7-8,14H,5-6H2,1-2H3. The van der Waals surface area contributed by atoms with E-state index in [9.17, 15) is 9.90 Å². The summed E-state index contributed by atoms with van der Waals surface area (Å²) >= 11 is 5.82. The van der Waals surface area contributed by atoms with Crippen molar-refractivity contribution in [2.75, 3.05) is 6.61 Å². The number of esters is 1. The predicted octanol–water partition coefficient (Wildman–Crippen LogP) is 3.25. The summed E-state index contributed by atoms with van der Waals surface area (Å²) in [4.78, 5) is 11.6. The number of carbonyl (C=O) groups is 1. The molecule has 0 aromatic heterocycles. The number of ether oxygens (including phenoxy) is 1. The first kappa shape index (κ1) is 12.8. The van der Waals surface area contributed by atoms with E-state index in [2.05, 4.69) is 13.8 Å². The zero-order chi connectivity index (χ0) is 12.1. The number of phenolic OH excluding ortho intramolecular Hbond substituents is 1. The summed E-state index contributed by atoms with van der Waals surface area (Å²) in [5, 5.41) is 9.52. The summed E-state index contributed by atoms with van der Waals surface area (Å²) in [5.41, 5.74) is 0.199. The Morgan fingerprint density at radius 3 is 2.81 bits per heavy atom. The van der Waals surface area contributed by atoms with E-state index in [1.54, 1.807) is 0 Å².